The molecular formula is C30H53NO2. The molecule has 1 unspecified atom stereocenters. The fourth-order valence-corrected chi connectivity index (χ4v) is 3.52. The minimum Gasteiger partial charge on any atom is -0.449 e. The Labute approximate surface area is 205 Å². The standard InChI is InChI=1S/C30H53NO2/c1-8-9-10-23-31-30(32)33-24-29(7)22-14-21-28(6)20-13-19-27(5)18-12-17-26(4)16-11-15-25(2)3/h15,17,19,21,29H,8-14,16,18,20,22-24H2,1-7H3,(H,31,32). The van der Waals surface area contributed by atoms with Gasteiger partial charge in [-0.2, -0.15) is 0 Å². The number of amides is 1. The smallest absolute Gasteiger partial charge is 0.407 e. The summed E-state index contributed by atoms with van der Waals surface area (Å²) >= 11 is 0. The number of rotatable bonds is 18. The van der Waals surface area contributed by atoms with E-state index in [9.17, 15) is 4.79 Å². The zero-order valence-corrected chi connectivity index (χ0v) is 22.9. The number of hydrogen-bond donors (Lipinski definition) is 1. The highest BCUT2D eigenvalue weighted by atomic mass is 16.5. The first-order valence-electron chi connectivity index (χ1n) is 13.2. The summed E-state index contributed by atoms with van der Waals surface area (Å²) < 4.78 is 5.32. The van der Waals surface area contributed by atoms with Gasteiger partial charge in [-0.1, -0.05) is 73.3 Å². The largest absolute Gasteiger partial charge is 0.449 e. The van der Waals surface area contributed by atoms with Crippen molar-refractivity contribution in [2.45, 2.75) is 119 Å². The lowest BCUT2D eigenvalue weighted by molar-refractivity contribution is 0.128. The van der Waals surface area contributed by atoms with Gasteiger partial charge in [-0.3, -0.25) is 0 Å². The van der Waals surface area contributed by atoms with Crippen LogP contribution in [0.4, 0.5) is 4.79 Å². The Morgan fingerprint density at radius 2 is 1.30 bits per heavy atom. The second-order valence-electron chi connectivity index (χ2n) is 9.96. The maximum absolute atomic E-state index is 11.7. The summed E-state index contributed by atoms with van der Waals surface area (Å²) in [4.78, 5) is 11.7. The van der Waals surface area contributed by atoms with Crippen molar-refractivity contribution < 1.29 is 9.53 Å². The van der Waals surface area contributed by atoms with Crippen LogP contribution in [0.25, 0.3) is 0 Å². The van der Waals surface area contributed by atoms with Crippen LogP contribution in [0.1, 0.15) is 119 Å². The zero-order chi connectivity index (χ0) is 24.9. The van der Waals surface area contributed by atoms with Crippen LogP contribution in [0.3, 0.4) is 0 Å². The summed E-state index contributed by atoms with van der Waals surface area (Å²) in [5, 5.41) is 2.83. The van der Waals surface area contributed by atoms with E-state index >= 15 is 0 Å². The van der Waals surface area contributed by atoms with Crippen molar-refractivity contribution in [2.24, 2.45) is 5.92 Å². The molecule has 0 spiro atoms. The molecule has 33 heavy (non-hydrogen) atoms. The molecule has 0 aromatic rings. The van der Waals surface area contributed by atoms with Gasteiger partial charge in [0.05, 0.1) is 6.61 Å². The third kappa shape index (κ3) is 21.8. The molecule has 0 heterocycles. The quantitative estimate of drug-likeness (QED) is 0.164. The minimum absolute atomic E-state index is 0.277. The predicted octanol–water partition coefficient (Wildman–Crippen LogP) is 9.46. The first-order chi connectivity index (χ1) is 15.7. The molecule has 0 aliphatic carbocycles. The van der Waals surface area contributed by atoms with Gasteiger partial charge in [0.2, 0.25) is 0 Å². The average molecular weight is 460 g/mol. The number of alkyl carbamates (subject to hydrolysis) is 1. The number of nitrogens with one attached hydrogen (secondary N) is 1. The van der Waals surface area contributed by atoms with Gasteiger partial charge in [-0.25, -0.2) is 4.79 Å². The van der Waals surface area contributed by atoms with Crippen LogP contribution in [-0.4, -0.2) is 19.2 Å². The maximum atomic E-state index is 11.7. The lowest BCUT2D eigenvalue weighted by Gasteiger charge is -2.12. The number of carbonyl (C=O) groups is 1. The van der Waals surface area contributed by atoms with Gasteiger partial charge in [0.1, 0.15) is 0 Å². The lowest BCUT2D eigenvalue weighted by atomic mass is 10.0. The number of unbranched alkanes of at least 4 members (excludes halogenated alkanes) is 2. The van der Waals surface area contributed by atoms with Crippen molar-refractivity contribution in [3.8, 4) is 0 Å². The Balaban J connectivity index is 3.96. The van der Waals surface area contributed by atoms with Crippen molar-refractivity contribution in [3.05, 3.63) is 46.6 Å². The molecule has 1 amide bonds. The Morgan fingerprint density at radius 1 is 0.788 bits per heavy atom. The van der Waals surface area contributed by atoms with Gasteiger partial charge in [-0.05, 0) is 98.3 Å². The van der Waals surface area contributed by atoms with Crippen molar-refractivity contribution in [2.75, 3.05) is 13.2 Å². The molecule has 0 aliphatic rings. The second-order valence-corrected chi connectivity index (χ2v) is 9.96. The second kappa shape index (κ2) is 20.8. The average Bonchev–Trinajstić information content (AvgIpc) is 2.75. The Kier molecular flexibility index (Phi) is 19.7. The fraction of sp³-hybridized carbons (Fsp3) is 0.700. The van der Waals surface area contributed by atoms with Crippen LogP contribution < -0.4 is 5.32 Å². The van der Waals surface area contributed by atoms with Crippen LogP contribution in [0.2, 0.25) is 0 Å². The summed E-state index contributed by atoms with van der Waals surface area (Å²) in [5.74, 6) is 0.385. The Hall–Kier alpha value is -1.77. The number of allylic oxidation sites excluding steroid dienone is 8. The molecule has 0 aromatic carbocycles. The third-order valence-corrected chi connectivity index (χ3v) is 5.86. The molecular weight excluding hydrogens is 406 g/mol. The van der Waals surface area contributed by atoms with Crippen LogP contribution in [0.5, 0.6) is 0 Å². The van der Waals surface area contributed by atoms with Crippen molar-refractivity contribution in [1.29, 1.82) is 0 Å². The molecule has 0 rings (SSSR count). The molecule has 1 atom stereocenters. The van der Waals surface area contributed by atoms with Gasteiger partial charge in [-0.15, -0.1) is 0 Å². The van der Waals surface area contributed by atoms with Gasteiger partial charge in [0.15, 0.2) is 0 Å². The topological polar surface area (TPSA) is 38.3 Å². The van der Waals surface area contributed by atoms with Gasteiger partial charge >= 0.3 is 6.09 Å². The normalized spacial score (nSPS) is 13.6. The highest BCUT2D eigenvalue weighted by molar-refractivity contribution is 5.66. The molecule has 0 saturated heterocycles. The molecule has 3 nitrogen and oxygen atoms in total. The van der Waals surface area contributed by atoms with E-state index < -0.39 is 0 Å². The first kappa shape index (κ1) is 31.2. The maximum Gasteiger partial charge on any atom is 0.407 e. The molecule has 0 saturated carbocycles. The summed E-state index contributed by atoms with van der Waals surface area (Å²) in [5.41, 5.74) is 5.86. The molecule has 190 valence electrons. The number of hydrogen-bond acceptors (Lipinski definition) is 2. The summed E-state index contributed by atoms with van der Waals surface area (Å²) in [6.45, 7) is 16.6. The predicted molar refractivity (Wildman–Crippen MR) is 146 cm³/mol. The van der Waals surface area contributed by atoms with E-state index in [-0.39, 0.29) is 6.09 Å². The van der Waals surface area contributed by atoms with E-state index in [1.54, 1.807) is 0 Å². The van der Waals surface area contributed by atoms with Crippen molar-refractivity contribution in [3.63, 3.8) is 0 Å². The zero-order valence-electron chi connectivity index (χ0n) is 22.9. The van der Waals surface area contributed by atoms with Crippen LogP contribution >= 0.6 is 0 Å². The molecule has 3 heteroatoms. The monoisotopic (exact) mass is 459 g/mol. The van der Waals surface area contributed by atoms with Crippen LogP contribution in [0, 0.1) is 5.92 Å². The SMILES string of the molecule is CCCCCNC(=O)OCC(C)CCC=C(C)CCC=C(C)CCC=C(C)CCC=C(C)C. The number of carbonyl (C=O) groups excluding carboxylic acids is 1. The summed E-state index contributed by atoms with van der Waals surface area (Å²) in [6, 6.07) is 0. The Morgan fingerprint density at radius 3 is 1.82 bits per heavy atom. The molecule has 0 aliphatic heterocycles. The lowest BCUT2D eigenvalue weighted by Crippen LogP contribution is -2.26. The van der Waals surface area contributed by atoms with Crippen LogP contribution in [0.15, 0.2) is 46.6 Å². The van der Waals surface area contributed by atoms with Gasteiger partial charge in [0.25, 0.3) is 0 Å². The van der Waals surface area contributed by atoms with Crippen molar-refractivity contribution >= 4 is 6.09 Å². The molecule has 1 N–H and O–H groups in total. The highest BCUT2D eigenvalue weighted by Gasteiger charge is 2.06. The fourth-order valence-electron chi connectivity index (χ4n) is 3.52. The third-order valence-electron chi connectivity index (χ3n) is 5.86. The van der Waals surface area contributed by atoms with E-state index in [2.05, 4.69) is 78.1 Å². The van der Waals surface area contributed by atoms with E-state index in [1.807, 2.05) is 0 Å². The summed E-state index contributed by atoms with van der Waals surface area (Å²) in [7, 11) is 0. The van der Waals surface area contributed by atoms with Gasteiger partial charge in [0, 0.05) is 6.54 Å². The molecule has 0 fully saturated rings. The van der Waals surface area contributed by atoms with E-state index in [4.69, 9.17) is 4.74 Å². The van der Waals surface area contributed by atoms with E-state index in [0.717, 1.165) is 64.2 Å². The van der Waals surface area contributed by atoms with Gasteiger partial charge < -0.3 is 10.1 Å². The summed E-state index contributed by atoms with van der Waals surface area (Å²) in [6.07, 6.45) is 21.5. The van der Waals surface area contributed by atoms with Crippen LogP contribution in [-0.2, 0) is 4.74 Å². The van der Waals surface area contributed by atoms with E-state index in [0.29, 0.717) is 19.1 Å². The number of ether oxygens (including phenoxy) is 1. The first-order valence-corrected chi connectivity index (χ1v) is 13.2. The molecule has 0 bridgehead atoms. The van der Waals surface area contributed by atoms with E-state index in [1.165, 1.54) is 28.7 Å². The molecule has 0 aromatic heterocycles. The Bertz CT molecular complexity index is 636. The van der Waals surface area contributed by atoms with Crippen molar-refractivity contribution in [1.82, 2.24) is 5.32 Å². The minimum atomic E-state index is -0.277. The highest BCUT2D eigenvalue weighted by Crippen LogP contribution is 2.15. The molecule has 0 radical (unpaired) electrons.